The van der Waals surface area contributed by atoms with E-state index >= 15 is 0 Å². The molecule has 0 spiro atoms. The highest BCUT2D eigenvalue weighted by Crippen LogP contribution is 2.37. The fourth-order valence-corrected chi connectivity index (χ4v) is 3.69. The van der Waals surface area contributed by atoms with E-state index in [1.54, 1.807) is 6.07 Å². The number of aromatic nitrogens is 2. The molecule has 1 aromatic heterocycles. The molecule has 0 radical (unpaired) electrons. The van der Waals surface area contributed by atoms with Crippen molar-refractivity contribution in [3.8, 4) is 0 Å². The highest BCUT2D eigenvalue weighted by molar-refractivity contribution is 6.31. The van der Waals surface area contributed by atoms with Crippen molar-refractivity contribution < 1.29 is 4.39 Å². The van der Waals surface area contributed by atoms with E-state index in [0.29, 0.717) is 23.4 Å². The number of hydrogen-bond donors (Lipinski definition) is 0. The van der Waals surface area contributed by atoms with E-state index < -0.39 is 5.82 Å². The number of nitrogens with zero attached hydrogens (tertiary/aromatic N) is 2. The highest BCUT2D eigenvalue weighted by atomic mass is 35.5. The Kier molecular flexibility index (Phi) is 3.91. The molecule has 108 valence electrons. The monoisotopic (exact) mass is 314 g/mol. The molecule has 20 heavy (non-hydrogen) atoms. The molecule has 2 nitrogen and oxygen atoms in total. The number of rotatable bonds is 3. The molecule has 2 aromatic rings. The summed E-state index contributed by atoms with van der Waals surface area (Å²) in [5.41, 5.74) is 1.51. The molecule has 5 heteroatoms. The molecule has 3 rings (SSSR count). The van der Waals surface area contributed by atoms with Gasteiger partial charge >= 0.3 is 0 Å². The Bertz CT molecular complexity index is 632. The minimum Gasteiger partial charge on any atom is -0.324 e. The Morgan fingerprint density at radius 3 is 2.75 bits per heavy atom. The number of halogens is 3. The van der Waals surface area contributed by atoms with E-state index in [4.69, 9.17) is 23.2 Å². The zero-order valence-corrected chi connectivity index (χ0v) is 12.9. The summed E-state index contributed by atoms with van der Waals surface area (Å²) in [5, 5.41) is 0.137. The molecule has 1 aromatic carbocycles. The molecule has 0 saturated heterocycles. The molecule has 1 aliphatic carbocycles. The second-order valence-electron chi connectivity index (χ2n) is 5.57. The SMILES string of the molecule is CC(C1CCCC1)n1c(CCl)nc2cc(F)c(Cl)cc21. The van der Waals surface area contributed by atoms with Crippen molar-refractivity contribution in [2.45, 2.75) is 44.5 Å². The summed E-state index contributed by atoms with van der Waals surface area (Å²) in [6.45, 7) is 2.20. The largest absolute Gasteiger partial charge is 0.324 e. The van der Waals surface area contributed by atoms with Crippen molar-refractivity contribution in [1.29, 1.82) is 0 Å². The van der Waals surface area contributed by atoms with Crippen LogP contribution in [-0.4, -0.2) is 9.55 Å². The summed E-state index contributed by atoms with van der Waals surface area (Å²) in [6, 6.07) is 3.38. The van der Waals surface area contributed by atoms with Crippen LogP contribution in [0, 0.1) is 11.7 Å². The molecule has 1 aliphatic rings. The average molecular weight is 315 g/mol. The first-order valence-electron chi connectivity index (χ1n) is 7.03. The lowest BCUT2D eigenvalue weighted by Crippen LogP contribution is -2.16. The average Bonchev–Trinajstić information content (AvgIpc) is 3.06. The van der Waals surface area contributed by atoms with Gasteiger partial charge in [-0.1, -0.05) is 24.4 Å². The van der Waals surface area contributed by atoms with Crippen LogP contribution >= 0.6 is 23.2 Å². The number of imidazole rings is 1. The summed E-state index contributed by atoms with van der Waals surface area (Å²) in [6.07, 6.45) is 5.04. The molecule has 0 amide bonds. The van der Waals surface area contributed by atoms with Crippen LogP contribution in [0.2, 0.25) is 5.02 Å². The van der Waals surface area contributed by atoms with E-state index in [0.717, 1.165) is 11.3 Å². The zero-order valence-electron chi connectivity index (χ0n) is 11.4. The Morgan fingerprint density at radius 2 is 2.10 bits per heavy atom. The third kappa shape index (κ3) is 2.31. The van der Waals surface area contributed by atoms with Gasteiger partial charge in [0.25, 0.3) is 0 Å². The quantitative estimate of drug-likeness (QED) is 0.701. The van der Waals surface area contributed by atoms with E-state index in [2.05, 4.69) is 16.5 Å². The summed E-state index contributed by atoms with van der Waals surface area (Å²) in [5.74, 6) is 1.32. The smallest absolute Gasteiger partial charge is 0.144 e. The maximum atomic E-state index is 13.6. The molecular formula is C15H17Cl2FN2. The van der Waals surface area contributed by atoms with Gasteiger partial charge in [-0.2, -0.15) is 0 Å². The van der Waals surface area contributed by atoms with Crippen LogP contribution in [0.3, 0.4) is 0 Å². The maximum Gasteiger partial charge on any atom is 0.144 e. The normalized spacial score (nSPS) is 18.0. The lowest BCUT2D eigenvalue weighted by Gasteiger charge is -2.23. The molecule has 1 atom stereocenters. The Hall–Kier alpha value is -0.800. The Morgan fingerprint density at radius 1 is 1.40 bits per heavy atom. The van der Waals surface area contributed by atoms with Gasteiger partial charge in [0.2, 0.25) is 0 Å². The van der Waals surface area contributed by atoms with E-state index in [-0.39, 0.29) is 5.02 Å². The van der Waals surface area contributed by atoms with Crippen LogP contribution < -0.4 is 0 Å². The topological polar surface area (TPSA) is 17.8 Å². The predicted molar refractivity (Wildman–Crippen MR) is 80.9 cm³/mol. The summed E-state index contributed by atoms with van der Waals surface area (Å²) >= 11 is 12.0. The van der Waals surface area contributed by atoms with Crippen LogP contribution in [0.5, 0.6) is 0 Å². The third-order valence-electron chi connectivity index (χ3n) is 4.41. The zero-order chi connectivity index (χ0) is 14.3. The van der Waals surface area contributed by atoms with Crippen molar-refractivity contribution in [2.24, 2.45) is 5.92 Å². The third-order valence-corrected chi connectivity index (χ3v) is 4.94. The molecule has 1 fully saturated rings. The number of benzene rings is 1. The highest BCUT2D eigenvalue weighted by Gasteiger charge is 2.26. The van der Waals surface area contributed by atoms with Gasteiger partial charge in [-0.05, 0) is 31.7 Å². The molecule has 0 bridgehead atoms. The number of fused-ring (bicyclic) bond motifs is 1. The van der Waals surface area contributed by atoms with Crippen molar-refractivity contribution in [2.75, 3.05) is 0 Å². The molecule has 1 heterocycles. The van der Waals surface area contributed by atoms with Crippen LogP contribution in [0.25, 0.3) is 11.0 Å². The minimum absolute atomic E-state index is 0.137. The van der Waals surface area contributed by atoms with Crippen LogP contribution in [0.1, 0.15) is 44.5 Å². The standard InChI is InChI=1S/C15H17Cl2FN2/c1-9(10-4-2-3-5-10)20-14-6-11(17)12(18)7-13(14)19-15(20)8-16/h6-7,9-10H,2-5,8H2,1H3. The van der Waals surface area contributed by atoms with Crippen molar-refractivity contribution >= 4 is 34.2 Å². The Labute approximate surface area is 127 Å². The van der Waals surface area contributed by atoms with E-state index in [9.17, 15) is 4.39 Å². The molecule has 1 saturated carbocycles. The molecule has 1 unspecified atom stereocenters. The van der Waals surface area contributed by atoms with Gasteiger partial charge in [-0.15, -0.1) is 11.6 Å². The van der Waals surface area contributed by atoms with E-state index in [1.807, 2.05) is 0 Å². The van der Waals surface area contributed by atoms with E-state index in [1.165, 1.54) is 31.7 Å². The molecular weight excluding hydrogens is 298 g/mol. The summed E-state index contributed by atoms with van der Waals surface area (Å²) in [4.78, 5) is 4.46. The van der Waals surface area contributed by atoms with Crippen molar-refractivity contribution in [3.05, 3.63) is 28.8 Å². The fraction of sp³-hybridized carbons (Fsp3) is 0.533. The van der Waals surface area contributed by atoms with Gasteiger partial charge in [-0.3, -0.25) is 0 Å². The predicted octanol–water partition coefficient (Wildman–Crippen LogP) is 5.32. The van der Waals surface area contributed by atoms with Crippen LogP contribution in [0.4, 0.5) is 4.39 Å². The molecule has 0 N–H and O–H groups in total. The van der Waals surface area contributed by atoms with Crippen LogP contribution in [0.15, 0.2) is 12.1 Å². The first kappa shape index (κ1) is 14.2. The second-order valence-corrected chi connectivity index (χ2v) is 6.25. The van der Waals surface area contributed by atoms with Gasteiger partial charge in [0.15, 0.2) is 0 Å². The summed E-state index contributed by atoms with van der Waals surface area (Å²) in [7, 11) is 0. The molecule has 0 aliphatic heterocycles. The van der Waals surface area contributed by atoms with Crippen molar-refractivity contribution in [1.82, 2.24) is 9.55 Å². The fourth-order valence-electron chi connectivity index (χ4n) is 3.34. The van der Waals surface area contributed by atoms with Crippen molar-refractivity contribution in [3.63, 3.8) is 0 Å². The summed E-state index contributed by atoms with van der Waals surface area (Å²) < 4.78 is 15.7. The minimum atomic E-state index is -0.432. The lowest BCUT2D eigenvalue weighted by atomic mass is 9.99. The van der Waals surface area contributed by atoms with Crippen LogP contribution in [-0.2, 0) is 5.88 Å². The first-order chi connectivity index (χ1) is 9.61. The van der Waals surface area contributed by atoms with Gasteiger partial charge < -0.3 is 4.57 Å². The lowest BCUT2D eigenvalue weighted by molar-refractivity contribution is 0.362. The number of alkyl halides is 1. The van der Waals surface area contributed by atoms with Gasteiger partial charge in [0, 0.05) is 12.1 Å². The van der Waals surface area contributed by atoms with Gasteiger partial charge in [-0.25, -0.2) is 9.37 Å². The van der Waals surface area contributed by atoms with Gasteiger partial charge in [0.05, 0.1) is 21.9 Å². The first-order valence-corrected chi connectivity index (χ1v) is 7.95. The van der Waals surface area contributed by atoms with Gasteiger partial charge in [0.1, 0.15) is 11.6 Å². The second kappa shape index (κ2) is 5.53. The number of hydrogen-bond acceptors (Lipinski definition) is 1. The maximum absolute atomic E-state index is 13.6. The Balaban J connectivity index is 2.13.